The molecule has 0 saturated carbocycles. The molecule has 5 rings (SSSR count). The van der Waals surface area contributed by atoms with E-state index in [9.17, 15) is 4.79 Å². The molecule has 160 valence electrons. The molecule has 0 aliphatic heterocycles. The fourth-order valence-corrected chi connectivity index (χ4v) is 5.08. The average Bonchev–Trinajstić information content (AvgIpc) is 3.22. The van der Waals surface area contributed by atoms with Gasteiger partial charge in [-0.15, -0.1) is 0 Å². The van der Waals surface area contributed by atoms with Crippen LogP contribution in [0.1, 0.15) is 51.0 Å². The van der Waals surface area contributed by atoms with E-state index in [1.165, 1.54) is 51.4 Å². The monoisotopic (exact) mass is 439 g/mol. The lowest BCUT2D eigenvalue weighted by Crippen LogP contribution is -2.26. The number of thiazole rings is 1. The van der Waals surface area contributed by atoms with E-state index in [1.807, 2.05) is 48.5 Å². The number of hydrogen-bond acceptors (Lipinski definition) is 4. The molecule has 1 aromatic heterocycles. The van der Waals surface area contributed by atoms with Gasteiger partial charge in [-0.2, -0.15) is 10.1 Å². The number of hydrogen-bond donors (Lipinski definition) is 0. The van der Waals surface area contributed by atoms with Gasteiger partial charge in [-0.3, -0.25) is 4.79 Å². The zero-order valence-electron chi connectivity index (χ0n) is 18.3. The minimum atomic E-state index is -0.155. The van der Waals surface area contributed by atoms with Crippen LogP contribution in [0.15, 0.2) is 65.8 Å². The number of anilines is 1. The van der Waals surface area contributed by atoms with Crippen molar-refractivity contribution in [3.05, 3.63) is 94.0 Å². The Kier molecular flexibility index (Phi) is 5.58. The third kappa shape index (κ3) is 4.21. The molecule has 3 aromatic carbocycles. The van der Waals surface area contributed by atoms with Gasteiger partial charge in [0.1, 0.15) is 0 Å². The molecule has 0 saturated heterocycles. The summed E-state index contributed by atoms with van der Waals surface area (Å²) in [7, 11) is 0. The molecule has 0 atom stereocenters. The summed E-state index contributed by atoms with van der Waals surface area (Å²) in [4.78, 5) is 18.4. The first-order valence-corrected chi connectivity index (χ1v) is 11.8. The average molecular weight is 440 g/mol. The zero-order chi connectivity index (χ0) is 22.1. The van der Waals surface area contributed by atoms with Crippen LogP contribution in [0.3, 0.4) is 0 Å². The van der Waals surface area contributed by atoms with E-state index in [2.05, 4.69) is 31.1 Å². The molecule has 0 radical (unpaired) electrons. The van der Waals surface area contributed by atoms with Crippen LogP contribution in [0.4, 0.5) is 5.13 Å². The highest BCUT2D eigenvalue weighted by Gasteiger charge is 2.22. The highest BCUT2D eigenvalue weighted by atomic mass is 32.1. The van der Waals surface area contributed by atoms with Gasteiger partial charge in [0.15, 0.2) is 0 Å². The molecule has 0 N–H and O–H groups in total. The molecule has 0 bridgehead atoms. The van der Waals surface area contributed by atoms with Crippen molar-refractivity contribution in [3.63, 3.8) is 0 Å². The van der Waals surface area contributed by atoms with Crippen LogP contribution < -0.4 is 5.01 Å². The van der Waals surface area contributed by atoms with E-state index < -0.39 is 0 Å². The molecule has 1 amide bonds. The van der Waals surface area contributed by atoms with Gasteiger partial charge in [-0.25, -0.2) is 4.98 Å². The summed E-state index contributed by atoms with van der Waals surface area (Å²) < 4.78 is 1.05. The lowest BCUT2D eigenvalue weighted by molar-refractivity contribution is 0.0987. The first-order valence-electron chi connectivity index (χ1n) is 11.0. The second kappa shape index (κ2) is 8.67. The molecule has 4 aromatic rings. The van der Waals surface area contributed by atoms with Crippen LogP contribution in [0, 0.1) is 13.8 Å². The van der Waals surface area contributed by atoms with Crippen LogP contribution in [-0.2, 0) is 12.8 Å². The van der Waals surface area contributed by atoms with E-state index >= 15 is 0 Å². The minimum absolute atomic E-state index is 0.155. The van der Waals surface area contributed by atoms with Crippen molar-refractivity contribution in [1.82, 2.24) is 4.98 Å². The molecule has 1 aliphatic carbocycles. The summed E-state index contributed by atoms with van der Waals surface area (Å²) in [5.74, 6) is -0.155. The van der Waals surface area contributed by atoms with E-state index in [-0.39, 0.29) is 5.91 Å². The van der Waals surface area contributed by atoms with Crippen molar-refractivity contribution in [1.29, 1.82) is 0 Å². The Morgan fingerprint density at radius 2 is 1.69 bits per heavy atom. The summed E-state index contributed by atoms with van der Waals surface area (Å²) in [6.07, 6.45) is 6.25. The third-order valence-corrected chi connectivity index (χ3v) is 6.89. The van der Waals surface area contributed by atoms with Crippen LogP contribution in [0.25, 0.3) is 10.2 Å². The Morgan fingerprint density at radius 3 is 2.50 bits per heavy atom. The molecule has 4 nitrogen and oxygen atoms in total. The second-order valence-corrected chi connectivity index (χ2v) is 9.44. The first kappa shape index (κ1) is 20.6. The molecule has 32 heavy (non-hydrogen) atoms. The molecule has 0 unspecified atom stereocenters. The number of benzene rings is 3. The van der Waals surface area contributed by atoms with Gasteiger partial charge in [-0.1, -0.05) is 53.3 Å². The Balaban J connectivity index is 1.54. The number of aryl methyl sites for hydroxylation is 4. The number of hydrazone groups is 1. The Morgan fingerprint density at radius 1 is 0.938 bits per heavy atom. The molecular formula is C27H25N3OS. The predicted molar refractivity (Wildman–Crippen MR) is 133 cm³/mol. The van der Waals surface area contributed by atoms with Crippen molar-refractivity contribution in [2.45, 2.75) is 39.5 Å². The van der Waals surface area contributed by atoms with Gasteiger partial charge < -0.3 is 0 Å². The van der Waals surface area contributed by atoms with Crippen LogP contribution in [0.2, 0.25) is 0 Å². The maximum Gasteiger partial charge on any atom is 0.280 e. The van der Waals surface area contributed by atoms with Crippen molar-refractivity contribution in [2.75, 3.05) is 5.01 Å². The highest BCUT2D eigenvalue weighted by molar-refractivity contribution is 7.22. The highest BCUT2D eigenvalue weighted by Crippen LogP contribution is 2.31. The van der Waals surface area contributed by atoms with Crippen LogP contribution in [0.5, 0.6) is 0 Å². The number of carbonyl (C=O) groups excluding carboxylic acids is 1. The Hall–Kier alpha value is -3.31. The lowest BCUT2D eigenvalue weighted by Gasteiger charge is -2.18. The van der Waals surface area contributed by atoms with E-state index in [0.29, 0.717) is 10.7 Å². The maximum absolute atomic E-state index is 13.6. The van der Waals surface area contributed by atoms with Gasteiger partial charge in [-0.05, 0) is 86.1 Å². The number of fused-ring (bicyclic) bond motifs is 2. The molecule has 5 heteroatoms. The van der Waals surface area contributed by atoms with Crippen molar-refractivity contribution >= 4 is 38.8 Å². The number of carbonyl (C=O) groups is 1. The van der Waals surface area contributed by atoms with Gasteiger partial charge in [0, 0.05) is 5.56 Å². The van der Waals surface area contributed by atoms with Crippen molar-refractivity contribution in [3.8, 4) is 0 Å². The van der Waals surface area contributed by atoms with Gasteiger partial charge in [0.2, 0.25) is 5.13 Å². The van der Waals surface area contributed by atoms with Gasteiger partial charge in [0.25, 0.3) is 5.91 Å². The fraction of sp³-hybridized carbons (Fsp3) is 0.222. The minimum Gasteiger partial charge on any atom is -0.267 e. The summed E-state index contributed by atoms with van der Waals surface area (Å²) in [6, 6.07) is 20.3. The molecule has 0 fully saturated rings. The SMILES string of the molecule is Cc1ccc(/C=N/N(C(=O)c2ccc3c(c2)CCCC3)c2nc3ccc(C)cc3s2)cc1. The molecule has 0 spiro atoms. The largest absolute Gasteiger partial charge is 0.280 e. The van der Waals surface area contributed by atoms with Crippen LogP contribution >= 0.6 is 11.3 Å². The van der Waals surface area contributed by atoms with Crippen molar-refractivity contribution in [2.24, 2.45) is 5.10 Å². The number of nitrogens with zero attached hydrogens (tertiary/aromatic N) is 3. The normalized spacial score (nSPS) is 13.4. The summed E-state index contributed by atoms with van der Waals surface area (Å²) >= 11 is 1.49. The standard InChI is InChI=1S/C27H25N3OS/c1-18-7-10-20(11-8-18)17-28-30(27-29-24-14-9-19(2)15-25(24)32-27)26(31)23-13-12-21-5-3-4-6-22(21)16-23/h7-17H,3-6H2,1-2H3/b28-17+. The fourth-order valence-electron chi connectivity index (χ4n) is 4.06. The predicted octanol–water partition coefficient (Wildman–Crippen LogP) is 6.47. The lowest BCUT2D eigenvalue weighted by atomic mass is 9.90. The summed E-state index contributed by atoms with van der Waals surface area (Å²) in [5, 5.41) is 6.64. The topological polar surface area (TPSA) is 45.6 Å². The third-order valence-electron chi connectivity index (χ3n) is 5.90. The summed E-state index contributed by atoms with van der Waals surface area (Å²) in [5.41, 5.74) is 7.47. The smallest absolute Gasteiger partial charge is 0.267 e. The quantitative estimate of drug-likeness (QED) is 0.270. The zero-order valence-corrected chi connectivity index (χ0v) is 19.2. The molecular weight excluding hydrogens is 414 g/mol. The van der Waals surface area contributed by atoms with Crippen molar-refractivity contribution < 1.29 is 4.79 Å². The van der Waals surface area contributed by atoms with Crippen LogP contribution in [-0.4, -0.2) is 17.1 Å². The first-order chi connectivity index (χ1) is 15.6. The number of amides is 1. The van der Waals surface area contributed by atoms with Gasteiger partial charge >= 0.3 is 0 Å². The summed E-state index contributed by atoms with van der Waals surface area (Å²) in [6.45, 7) is 4.11. The van der Waals surface area contributed by atoms with E-state index in [4.69, 9.17) is 4.98 Å². The number of aromatic nitrogens is 1. The second-order valence-electron chi connectivity index (χ2n) is 8.43. The Labute approximate surface area is 192 Å². The molecule has 1 aliphatic rings. The number of rotatable bonds is 4. The Bertz CT molecular complexity index is 1320. The molecule has 1 heterocycles. The van der Waals surface area contributed by atoms with E-state index in [1.54, 1.807) is 6.21 Å². The van der Waals surface area contributed by atoms with Gasteiger partial charge in [0.05, 0.1) is 16.4 Å². The maximum atomic E-state index is 13.6. The van der Waals surface area contributed by atoms with E-state index in [0.717, 1.165) is 28.6 Å².